The number of hydroxylamine groups is 2. The highest BCUT2D eigenvalue weighted by Crippen LogP contribution is 2.34. The van der Waals surface area contributed by atoms with Gasteiger partial charge in [-0.3, -0.25) is 4.84 Å². The number of nitrogens with zero attached hydrogens (tertiary/aromatic N) is 1. The zero-order valence-corrected chi connectivity index (χ0v) is 14.2. The number of rotatable bonds is 3. The lowest BCUT2D eigenvalue weighted by Crippen LogP contribution is -2.47. The van der Waals surface area contributed by atoms with E-state index >= 15 is 0 Å². The topological polar surface area (TPSA) is 58.6 Å². The van der Waals surface area contributed by atoms with Crippen molar-refractivity contribution >= 4 is 21.6 Å². The molecule has 5 nitrogen and oxygen atoms in total. The Hall–Kier alpha value is -0.660. The molecule has 0 bridgehead atoms. The zero-order valence-electron chi connectivity index (χ0n) is 12.6. The highest BCUT2D eigenvalue weighted by atomic mass is 35.5. The van der Waals surface area contributed by atoms with Crippen molar-refractivity contribution in [2.45, 2.75) is 37.6 Å². The summed E-state index contributed by atoms with van der Waals surface area (Å²) in [5.74, 6) is 0. The van der Waals surface area contributed by atoms with Crippen LogP contribution in [0.4, 0.5) is 0 Å². The third-order valence-electron chi connectivity index (χ3n) is 3.24. The third kappa shape index (κ3) is 3.96. The Morgan fingerprint density at radius 3 is 2.38 bits per heavy atom. The maximum atomic E-state index is 12.6. The van der Waals surface area contributed by atoms with Crippen LogP contribution in [-0.2, 0) is 14.9 Å². The molecule has 1 saturated heterocycles. The molecule has 118 valence electrons. The van der Waals surface area contributed by atoms with Crippen LogP contribution in [-0.4, -0.2) is 37.9 Å². The van der Waals surface area contributed by atoms with Gasteiger partial charge in [0.1, 0.15) is 5.25 Å². The molecule has 0 aromatic heterocycles. The Bertz CT molecular complexity index is 596. The van der Waals surface area contributed by atoms with Crippen molar-refractivity contribution in [1.82, 2.24) is 9.79 Å². The van der Waals surface area contributed by atoms with Crippen molar-refractivity contribution in [2.24, 2.45) is 0 Å². The van der Waals surface area contributed by atoms with Crippen LogP contribution < -0.4 is 4.72 Å². The second kappa shape index (κ2) is 5.85. The minimum atomic E-state index is -3.51. The molecule has 21 heavy (non-hydrogen) atoms. The second-order valence-corrected chi connectivity index (χ2v) is 8.61. The Morgan fingerprint density at radius 2 is 1.86 bits per heavy atom. The van der Waals surface area contributed by atoms with E-state index in [9.17, 15) is 8.42 Å². The molecule has 0 amide bonds. The van der Waals surface area contributed by atoms with Crippen molar-refractivity contribution in [3.63, 3.8) is 0 Å². The van der Waals surface area contributed by atoms with Crippen LogP contribution in [0.5, 0.6) is 0 Å². The van der Waals surface area contributed by atoms with Gasteiger partial charge in [0, 0.05) is 17.6 Å². The summed E-state index contributed by atoms with van der Waals surface area (Å²) in [6.45, 7) is 5.60. The standard InChI is InChI=1S/C14H21ClN2O3S/c1-14(2,3)16-21(18,19)12-9-20-17(4)13(12)10-5-7-11(15)8-6-10/h5-8,12-13,16H,9H2,1-4H3/t12-,13-/m1/s1. The third-order valence-corrected chi connectivity index (χ3v) is 5.58. The van der Waals surface area contributed by atoms with E-state index in [1.165, 1.54) is 0 Å². The van der Waals surface area contributed by atoms with E-state index in [1.807, 2.05) is 32.9 Å². The number of benzene rings is 1. The van der Waals surface area contributed by atoms with Crippen LogP contribution in [0.15, 0.2) is 24.3 Å². The fourth-order valence-electron chi connectivity index (χ4n) is 2.44. The van der Waals surface area contributed by atoms with Crippen LogP contribution in [0.25, 0.3) is 0 Å². The summed E-state index contributed by atoms with van der Waals surface area (Å²) in [4.78, 5) is 5.44. The molecule has 1 heterocycles. The molecule has 0 saturated carbocycles. The van der Waals surface area contributed by atoms with E-state index in [2.05, 4.69) is 4.72 Å². The second-order valence-electron chi connectivity index (χ2n) is 6.27. The fraction of sp³-hybridized carbons (Fsp3) is 0.571. The molecule has 1 N–H and O–H groups in total. The van der Waals surface area contributed by atoms with Gasteiger partial charge in [-0.05, 0) is 38.5 Å². The molecule has 0 spiro atoms. The first-order chi connectivity index (χ1) is 9.60. The lowest BCUT2D eigenvalue weighted by atomic mass is 10.0. The van der Waals surface area contributed by atoms with E-state index in [1.54, 1.807) is 24.2 Å². The summed E-state index contributed by atoms with van der Waals surface area (Å²) in [5, 5.41) is 1.55. The van der Waals surface area contributed by atoms with Crippen LogP contribution in [0.1, 0.15) is 32.4 Å². The highest BCUT2D eigenvalue weighted by molar-refractivity contribution is 7.90. The van der Waals surface area contributed by atoms with Gasteiger partial charge in [0.05, 0.1) is 12.6 Å². The number of hydrogen-bond donors (Lipinski definition) is 1. The summed E-state index contributed by atoms with van der Waals surface area (Å²) in [7, 11) is -1.77. The Balaban J connectivity index is 2.32. The lowest BCUT2D eigenvalue weighted by Gasteiger charge is -2.27. The molecule has 0 unspecified atom stereocenters. The number of hydrogen-bond acceptors (Lipinski definition) is 4. The molecule has 2 rings (SSSR count). The Morgan fingerprint density at radius 1 is 1.29 bits per heavy atom. The minimum Gasteiger partial charge on any atom is -0.297 e. The van der Waals surface area contributed by atoms with Crippen molar-refractivity contribution in [3.8, 4) is 0 Å². The van der Waals surface area contributed by atoms with E-state index < -0.39 is 20.8 Å². The summed E-state index contributed by atoms with van der Waals surface area (Å²) in [5.41, 5.74) is 0.341. The maximum absolute atomic E-state index is 12.6. The van der Waals surface area contributed by atoms with Crippen LogP contribution in [0.2, 0.25) is 5.02 Å². The molecule has 0 aliphatic carbocycles. The quantitative estimate of drug-likeness (QED) is 0.923. The van der Waals surface area contributed by atoms with Gasteiger partial charge in [0.25, 0.3) is 0 Å². The minimum absolute atomic E-state index is 0.134. The maximum Gasteiger partial charge on any atom is 0.219 e. The predicted octanol–water partition coefficient (Wildman–Crippen LogP) is 2.34. The van der Waals surface area contributed by atoms with Gasteiger partial charge in [-0.2, -0.15) is 5.06 Å². The van der Waals surface area contributed by atoms with E-state index in [0.29, 0.717) is 5.02 Å². The number of nitrogens with one attached hydrogen (secondary N) is 1. The highest BCUT2D eigenvalue weighted by Gasteiger charge is 2.44. The number of sulfonamides is 1. The summed E-state index contributed by atoms with van der Waals surface area (Å²) >= 11 is 5.89. The van der Waals surface area contributed by atoms with Gasteiger partial charge in [-0.15, -0.1) is 0 Å². The average molecular weight is 333 g/mol. The summed E-state index contributed by atoms with van der Waals surface area (Å²) in [6.07, 6.45) is 0. The van der Waals surface area contributed by atoms with Gasteiger partial charge in [0.2, 0.25) is 10.0 Å². The lowest BCUT2D eigenvalue weighted by molar-refractivity contribution is -0.110. The first kappa shape index (κ1) is 16.7. The van der Waals surface area contributed by atoms with Crippen LogP contribution in [0, 0.1) is 0 Å². The molecular weight excluding hydrogens is 312 g/mol. The molecular formula is C14H21ClN2O3S. The Labute approximate surface area is 131 Å². The molecule has 0 radical (unpaired) electrons. The largest absolute Gasteiger partial charge is 0.297 e. The van der Waals surface area contributed by atoms with Crippen LogP contribution >= 0.6 is 11.6 Å². The summed E-state index contributed by atoms with van der Waals surface area (Å²) in [6, 6.07) is 6.81. The first-order valence-corrected chi connectivity index (χ1v) is 8.66. The van der Waals surface area contributed by atoms with Gasteiger partial charge in [-0.25, -0.2) is 13.1 Å². The monoisotopic (exact) mass is 332 g/mol. The summed E-state index contributed by atoms with van der Waals surface area (Å²) < 4.78 is 27.9. The van der Waals surface area contributed by atoms with Crippen molar-refractivity contribution in [3.05, 3.63) is 34.9 Å². The Kier molecular flexibility index (Phi) is 4.66. The molecule has 1 aromatic carbocycles. The van der Waals surface area contributed by atoms with Crippen molar-refractivity contribution in [1.29, 1.82) is 0 Å². The fourth-order valence-corrected chi connectivity index (χ4v) is 4.48. The van der Waals surface area contributed by atoms with Crippen molar-refractivity contribution in [2.75, 3.05) is 13.7 Å². The zero-order chi connectivity index (χ0) is 15.8. The normalized spacial score (nSPS) is 24.4. The van der Waals surface area contributed by atoms with E-state index in [-0.39, 0.29) is 12.6 Å². The predicted molar refractivity (Wildman–Crippen MR) is 83.5 cm³/mol. The van der Waals surface area contributed by atoms with Crippen molar-refractivity contribution < 1.29 is 13.3 Å². The molecule has 1 aromatic rings. The smallest absolute Gasteiger partial charge is 0.219 e. The molecule has 7 heteroatoms. The molecule has 2 atom stereocenters. The van der Waals surface area contributed by atoms with Gasteiger partial charge in [-0.1, -0.05) is 23.7 Å². The molecule has 1 aliphatic heterocycles. The molecule has 1 aliphatic rings. The first-order valence-electron chi connectivity index (χ1n) is 6.74. The van der Waals surface area contributed by atoms with Crippen LogP contribution in [0.3, 0.4) is 0 Å². The number of halogens is 1. The van der Waals surface area contributed by atoms with Gasteiger partial charge >= 0.3 is 0 Å². The SMILES string of the molecule is CN1OC[C@@H](S(=O)(=O)NC(C)(C)C)[C@H]1c1ccc(Cl)cc1. The average Bonchev–Trinajstić information content (AvgIpc) is 2.70. The van der Waals surface area contributed by atoms with E-state index in [4.69, 9.17) is 16.4 Å². The van der Waals surface area contributed by atoms with Gasteiger partial charge < -0.3 is 0 Å². The van der Waals surface area contributed by atoms with Gasteiger partial charge in [0.15, 0.2) is 0 Å². The van der Waals surface area contributed by atoms with E-state index in [0.717, 1.165) is 5.56 Å². The molecule has 1 fully saturated rings.